The predicted molar refractivity (Wildman–Crippen MR) is 163 cm³/mol. The number of hydrogen-bond acceptors (Lipinski definition) is 1. The molecule has 0 unspecified atom stereocenters. The topological polar surface area (TPSA) is 3.24 Å². The van der Waals surface area contributed by atoms with Crippen molar-refractivity contribution in [1.29, 1.82) is 0 Å². The molecule has 182 valence electrons. The van der Waals surface area contributed by atoms with Crippen LogP contribution in [-0.2, 0) is 0 Å². The highest BCUT2D eigenvalue weighted by Crippen LogP contribution is 2.32. The zero-order chi connectivity index (χ0) is 25.7. The lowest BCUT2D eigenvalue weighted by molar-refractivity contribution is 1.21. The third-order valence-corrected chi connectivity index (χ3v) is 7.14. The summed E-state index contributed by atoms with van der Waals surface area (Å²) in [6, 6.07) is 56.2. The molecule has 1 nitrogen and oxygen atoms in total. The maximum atomic E-state index is 2.26. The fourth-order valence-corrected chi connectivity index (χ4v) is 4.89. The van der Waals surface area contributed by atoms with Crippen LogP contribution in [0.5, 0.6) is 0 Å². The zero-order valence-corrected chi connectivity index (χ0v) is 21.5. The molecule has 0 spiro atoms. The minimum absolute atomic E-state index is 1.16. The van der Waals surface area contributed by atoms with Gasteiger partial charge in [-0.2, -0.15) is 0 Å². The van der Waals surface area contributed by atoms with E-state index in [1.165, 1.54) is 44.5 Å². The molecule has 0 heterocycles. The maximum absolute atomic E-state index is 2.26. The van der Waals surface area contributed by atoms with Crippen LogP contribution in [0.25, 0.3) is 44.5 Å². The first kappa shape index (κ1) is 23.5. The van der Waals surface area contributed by atoms with Gasteiger partial charge in [0.2, 0.25) is 0 Å². The Balaban J connectivity index is 1.19. The molecule has 0 saturated carbocycles. The molecular formula is C37H29N. The van der Waals surface area contributed by atoms with Crippen molar-refractivity contribution in [3.63, 3.8) is 0 Å². The largest absolute Gasteiger partial charge is 0.345 e. The summed E-state index contributed by atoms with van der Waals surface area (Å²) in [4.78, 5) is 2.24. The standard InChI is InChI=1S/C37H29N/c1-38(36-25-23-33(24-26-36)32-17-15-30(16-18-32)28-9-4-2-5-10-28)37-14-8-13-35(27-37)34-21-19-31(20-22-34)29-11-6-3-7-12-29/h2-27H,1H3. The average Bonchev–Trinajstić information content (AvgIpc) is 3.02. The van der Waals surface area contributed by atoms with E-state index in [-0.39, 0.29) is 0 Å². The normalized spacial score (nSPS) is 10.8. The summed E-state index contributed by atoms with van der Waals surface area (Å²) in [6.07, 6.45) is 0. The van der Waals surface area contributed by atoms with Crippen LogP contribution in [0.3, 0.4) is 0 Å². The second kappa shape index (κ2) is 10.6. The van der Waals surface area contributed by atoms with E-state index in [0.29, 0.717) is 0 Å². The lowest BCUT2D eigenvalue weighted by Gasteiger charge is -2.21. The minimum Gasteiger partial charge on any atom is -0.345 e. The van der Waals surface area contributed by atoms with Gasteiger partial charge in [0.1, 0.15) is 0 Å². The van der Waals surface area contributed by atoms with Gasteiger partial charge in [0, 0.05) is 18.4 Å². The second-order valence-electron chi connectivity index (χ2n) is 9.54. The van der Waals surface area contributed by atoms with Crippen LogP contribution in [0.4, 0.5) is 11.4 Å². The Morgan fingerprint density at radius 1 is 0.289 bits per heavy atom. The fraction of sp³-hybridized carbons (Fsp3) is 0.0270. The Hall–Kier alpha value is -4.88. The minimum atomic E-state index is 1.16. The van der Waals surface area contributed by atoms with Crippen molar-refractivity contribution < 1.29 is 0 Å². The first-order valence-corrected chi connectivity index (χ1v) is 13.0. The third-order valence-electron chi connectivity index (χ3n) is 7.14. The molecule has 0 aromatic heterocycles. The Bertz CT molecular complexity index is 1620. The van der Waals surface area contributed by atoms with Crippen molar-refractivity contribution in [2.45, 2.75) is 0 Å². The first-order valence-electron chi connectivity index (χ1n) is 13.0. The molecule has 38 heavy (non-hydrogen) atoms. The van der Waals surface area contributed by atoms with Gasteiger partial charge >= 0.3 is 0 Å². The first-order chi connectivity index (χ1) is 18.7. The summed E-state index contributed by atoms with van der Waals surface area (Å²) in [5.41, 5.74) is 12.1. The van der Waals surface area contributed by atoms with Crippen LogP contribution < -0.4 is 4.90 Å². The molecule has 0 aliphatic heterocycles. The summed E-state index contributed by atoms with van der Waals surface area (Å²) in [5.74, 6) is 0. The number of hydrogen-bond donors (Lipinski definition) is 0. The molecule has 1 heteroatoms. The van der Waals surface area contributed by atoms with E-state index in [2.05, 4.69) is 170 Å². The van der Waals surface area contributed by atoms with Crippen molar-refractivity contribution in [3.8, 4) is 44.5 Å². The van der Waals surface area contributed by atoms with Crippen molar-refractivity contribution >= 4 is 11.4 Å². The van der Waals surface area contributed by atoms with Gasteiger partial charge in [-0.05, 0) is 68.8 Å². The van der Waals surface area contributed by atoms with E-state index in [4.69, 9.17) is 0 Å². The van der Waals surface area contributed by atoms with Crippen LogP contribution in [0.15, 0.2) is 158 Å². The van der Waals surface area contributed by atoms with Crippen LogP contribution >= 0.6 is 0 Å². The molecule has 0 amide bonds. The molecular weight excluding hydrogens is 458 g/mol. The average molecular weight is 488 g/mol. The summed E-state index contributed by atoms with van der Waals surface area (Å²) in [6.45, 7) is 0. The number of nitrogens with zero attached hydrogens (tertiary/aromatic N) is 1. The second-order valence-corrected chi connectivity index (χ2v) is 9.54. The molecule has 0 atom stereocenters. The van der Waals surface area contributed by atoms with Crippen LogP contribution in [0, 0.1) is 0 Å². The van der Waals surface area contributed by atoms with Gasteiger partial charge in [0.25, 0.3) is 0 Å². The van der Waals surface area contributed by atoms with Gasteiger partial charge < -0.3 is 4.90 Å². The molecule has 0 aliphatic carbocycles. The van der Waals surface area contributed by atoms with Gasteiger partial charge in [0.15, 0.2) is 0 Å². The molecule has 6 aromatic carbocycles. The van der Waals surface area contributed by atoms with Crippen LogP contribution in [0.1, 0.15) is 0 Å². The molecule has 0 aliphatic rings. The predicted octanol–water partition coefficient (Wildman–Crippen LogP) is 10.1. The van der Waals surface area contributed by atoms with Gasteiger partial charge in [-0.25, -0.2) is 0 Å². The van der Waals surface area contributed by atoms with Gasteiger partial charge in [0.05, 0.1) is 0 Å². The SMILES string of the molecule is CN(c1ccc(-c2ccc(-c3ccccc3)cc2)cc1)c1cccc(-c2ccc(-c3ccccc3)cc2)c1. The van der Waals surface area contributed by atoms with E-state index in [1.54, 1.807) is 0 Å². The maximum Gasteiger partial charge on any atom is 0.0414 e. The molecule has 6 rings (SSSR count). The Kier molecular flexibility index (Phi) is 6.57. The van der Waals surface area contributed by atoms with E-state index in [1.807, 2.05) is 0 Å². The van der Waals surface area contributed by atoms with E-state index in [0.717, 1.165) is 11.4 Å². The highest BCUT2D eigenvalue weighted by atomic mass is 15.1. The number of rotatable bonds is 6. The van der Waals surface area contributed by atoms with Crippen molar-refractivity contribution in [2.75, 3.05) is 11.9 Å². The van der Waals surface area contributed by atoms with Gasteiger partial charge in [-0.15, -0.1) is 0 Å². The van der Waals surface area contributed by atoms with Gasteiger partial charge in [-0.1, -0.05) is 133 Å². The molecule has 0 N–H and O–H groups in total. The number of anilines is 2. The van der Waals surface area contributed by atoms with E-state index >= 15 is 0 Å². The quantitative estimate of drug-likeness (QED) is 0.226. The smallest absolute Gasteiger partial charge is 0.0414 e. The number of benzene rings is 6. The lowest BCUT2D eigenvalue weighted by atomic mass is 9.99. The van der Waals surface area contributed by atoms with Crippen LogP contribution in [-0.4, -0.2) is 7.05 Å². The molecule has 0 fully saturated rings. The Morgan fingerprint density at radius 3 is 1.08 bits per heavy atom. The zero-order valence-electron chi connectivity index (χ0n) is 21.5. The van der Waals surface area contributed by atoms with Crippen molar-refractivity contribution in [2.24, 2.45) is 0 Å². The van der Waals surface area contributed by atoms with Gasteiger partial charge in [-0.3, -0.25) is 0 Å². The third kappa shape index (κ3) is 5.00. The summed E-state index contributed by atoms with van der Waals surface area (Å²) in [5, 5.41) is 0. The highest BCUT2D eigenvalue weighted by molar-refractivity contribution is 5.76. The summed E-state index contributed by atoms with van der Waals surface area (Å²) >= 11 is 0. The highest BCUT2D eigenvalue weighted by Gasteiger charge is 2.08. The molecule has 0 saturated heterocycles. The Labute approximate surface area is 225 Å². The molecule has 0 radical (unpaired) electrons. The fourth-order valence-electron chi connectivity index (χ4n) is 4.89. The Morgan fingerprint density at radius 2 is 0.632 bits per heavy atom. The van der Waals surface area contributed by atoms with Crippen LogP contribution in [0.2, 0.25) is 0 Å². The lowest BCUT2D eigenvalue weighted by Crippen LogP contribution is -2.09. The monoisotopic (exact) mass is 487 g/mol. The summed E-state index contributed by atoms with van der Waals surface area (Å²) < 4.78 is 0. The van der Waals surface area contributed by atoms with E-state index in [9.17, 15) is 0 Å². The van der Waals surface area contributed by atoms with Crippen molar-refractivity contribution in [1.82, 2.24) is 0 Å². The molecule has 0 bridgehead atoms. The molecule has 6 aromatic rings. The summed E-state index contributed by atoms with van der Waals surface area (Å²) in [7, 11) is 2.13. The van der Waals surface area contributed by atoms with Crippen molar-refractivity contribution in [3.05, 3.63) is 158 Å². The van der Waals surface area contributed by atoms with E-state index < -0.39 is 0 Å².